The predicted octanol–water partition coefficient (Wildman–Crippen LogP) is 4.07. The van der Waals surface area contributed by atoms with Crippen LogP contribution in [0.25, 0.3) is 11.4 Å². The Labute approximate surface area is 166 Å². The molecule has 1 aromatic heterocycles. The summed E-state index contributed by atoms with van der Waals surface area (Å²) in [6, 6.07) is 16.3. The first-order valence-corrected chi connectivity index (χ1v) is 10.9. The van der Waals surface area contributed by atoms with Crippen molar-refractivity contribution in [2.24, 2.45) is 0 Å². The van der Waals surface area contributed by atoms with E-state index in [9.17, 15) is 8.42 Å². The van der Waals surface area contributed by atoms with E-state index in [1.165, 1.54) is 4.31 Å². The molecule has 27 heavy (non-hydrogen) atoms. The molecule has 1 atom stereocenters. The molecule has 1 saturated heterocycles. The molecule has 2 heterocycles. The third kappa shape index (κ3) is 3.83. The van der Waals surface area contributed by atoms with Gasteiger partial charge < -0.3 is 4.52 Å². The van der Waals surface area contributed by atoms with Crippen molar-refractivity contribution in [2.75, 3.05) is 13.1 Å². The van der Waals surface area contributed by atoms with E-state index in [-0.39, 0.29) is 5.92 Å². The van der Waals surface area contributed by atoms with Crippen molar-refractivity contribution in [2.45, 2.75) is 23.7 Å². The van der Waals surface area contributed by atoms with E-state index < -0.39 is 10.0 Å². The maximum atomic E-state index is 12.9. The Morgan fingerprint density at radius 1 is 1.07 bits per heavy atom. The van der Waals surface area contributed by atoms with Crippen LogP contribution in [0, 0.1) is 0 Å². The molecule has 1 aliphatic heterocycles. The van der Waals surface area contributed by atoms with Crippen molar-refractivity contribution in [3.63, 3.8) is 0 Å². The molecule has 0 saturated carbocycles. The monoisotopic (exact) mass is 447 g/mol. The van der Waals surface area contributed by atoms with Crippen molar-refractivity contribution >= 4 is 26.0 Å². The number of hydrogen-bond donors (Lipinski definition) is 0. The van der Waals surface area contributed by atoms with Crippen molar-refractivity contribution in [1.29, 1.82) is 0 Å². The van der Waals surface area contributed by atoms with Crippen LogP contribution < -0.4 is 0 Å². The number of piperidine rings is 1. The summed E-state index contributed by atoms with van der Waals surface area (Å²) in [4.78, 5) is 4.79. The number of nitrogens with zero attached hydrogens (tertiary/aromatic N) is 3. The fourth-order valence-corrected chi connectivity index (χ4v) is 5.01. The molecule has 6 nitrogen and oxygen atoms in total. The summed E-state index contributed by atoms with van der Waals surface area (Å²) in [5.74, 6) is 0.914. The van der Waals surface area contributed by atoms with Crippen molar-refractivity contribution in [1.82, 2.24) is 14.4 Å². The SMILES string of the molecule is O=S(=O)(c1ccc(Br)cc1)N1CCCC(c2nc(-c3ccccc3)no2)C1. The van der Waals surface area contributed by atoms with E-state index in [0.717, 1.165) is 22.9 Å². The van der Waals surface area contributed by atoms with E-state index in [0.29, 0.717) is 29.7 Å². The number of rotatable bonds is 4. The summed E-state index contributed by atoms with van der Waals surface area (Å²) in [6.45, 7) is 0.837. The van der Waals surface area contributed by atoms with E-state index in [2.05, 4.69) is 26.1 Å². The maximum absolute atomic E-state index is 12.9. The van der Waals surface area contributed by atoms with Crippen LogP contribution in [0.2, 0.25) is 0 Å². The third-order valence-corrected chi connectivity index (χ3v) is 7.07. The highest BCUT2D eigenvalue weighted by atomic mass is 79.9. The molecule has 1 aliphatic rings. The van der Waals surface area contributed by atoms with E-state index in [1.807, 2.05) is 30.3 Å². The summed E-state index contributed by atoms with van der Waals surface area (Å²) in [7, 11) is -3.54. The molecule has 0 bridgehead atoms. The third-order valence-electron chi connectivity index (χ3n) is 4.66. The molecular weight excluding hydrogens is 430 g/mol. The zero-order valence-corrected chi connectivity index (χ0v) is 16.9. The largest absolute Gasteiger partial charge is 0.339 e. The van der Waals surface area contributed by atoms with Gasteiger partial charge in [-0.15, -0.1) is 0 Å². The Morgan fingerprint density at radius 2 is 1.81 bits per heavy atom. The first-order chi connectivity index (χ1) is 13.0. The molecule has 8 heteroatoms. The molecule has 3 aromatic rings. The molecule has 4 rings (SSSR count). The average Bonchev–Trinajstić information content (AvgIpc) is 3.19. The quantitative estimate of drug-likeness (QED) is 0.602. The molecule has 2 aromatic carbocycles. The van der Waals surface area contributed by atoms with Gasteiger partial charge in [-0.2, -0.15) is 9.29 Å². The van der Waals surface area contributed by atoms with Gasteiger partial charge in [0.2, 0.25) is 21.7 Å². The minimum absolute atomic E-state index is 0.103. The summed E-state index contributed by atoms with van der Waals surface area (Å²) >= 11 is 3.33. The molecule has 0 radical (unpaired) electrons. The van der Waals surface area contributed by atoms with Crippen LogP contribution in [0.4, 0.5) is 0 Å². The molecule has 0 N–H and O–H groups in total. The van der Waals surface area contributed by atoms with Gasteiger partial charge in [-0.05, 0) is 37.1 Å². The second-order valence-electron chi connectivity index (χ2n) is 6.48. The molecule has 1 unspecified atom stereocenters. The van der Waals surface area contributed by atoms with Gasteiger partial charge in [0.05, 0.1) is 10.8 Å². The van der Waals surface area contributed by atoms with Crippen molar-refractivity contribution in [3.05, 3.63) is 65.0 Å². The highest BCUT2D eigenvalue weighted by Crippen LogP contribution is 2.30. The molecule has 140 valence electrons. The van der Waals surface area contributed by atoms with E-state index in [4.69, 9.17) is 4.52 Å². The van der Waals surface area contributed by atoms with Crippen LogP contribution >= 0.6 is 15.9 Å². The second kappa shape index (κ2) is 7.53. The fraction of sp³-hybridized carbons (Fsp3) is 0.263. The lowest BCUT2D eigenvalue weighted by molar-refractivity contribution is 0.265. The lowest BCUT2D eigenvalue weighted by atomic mass is 10.00. The van der Waals surface area contributed by atoms with Gasteiger partial charge in [0.1, 0.15) is 0 Å². The Kier molecular flexibility index (Phi) is 5.12. The van der Waals surface area contributed by atoms with Crippen molar-refractivity contribution in [3.8, 4) is 11.4 Å². The normalized spacial score (nSPS) is 18.5. The minimum Gasteiger partial charge on any atom is -0.339 e. The Balaban J connectivity index is 1.55. The zero-order chi connectivity index (χ0) is 18.9. The minimum atomic E-state index is -3.54. The van der Waals surface area contributed by atoms with E-state index >= 15 is 0 Å². The van der Waals surface area contributed by atoms with Gasteiger partial charge in [-0.3, -0.25) is 0 Å². The Hall–Kier alpha value is -2.03. The van der Waals surface area contributed by atoms with Crippen molar-refractivity contribution < 1.29 is 12.9 Å². The van der Waals surface area contributed by atoms with Gasteiger partial charge in [0, 0.05) is 23.1 Å². The number of sulfonamides is 1. The number of hydrogen-bond acceptors (Lipinski definition) is 5. The van der Waals surface area contributed by atoms with Gasteiger partial charge in [-0.1, -0.05) is 51.4 Å². The molecule has 0 aliphatic carbocycles. The highest BCUT2D eigenvalue weighted by Gasteiger charge is 2.33. The summed E-state index contributed by atoms with van der Waals surface area (Å²) < 4.78 is 33.7. The fourth-order valence-electron chi connectivity index (χ4n) is 3.22. The number of halogens is 1. The average molecular weight is 448 g/mol. The highest BCUT2D eigenvalue weighted by molar-refractivity contribution is 9.10. The summed E-state index contributed by atoms with van der Waals surface area (Å²) in [5, 5.41) is 4.06. The second-order valence-corrected chi connectivity index (χ2v) is 9.33. The smallest absolute Gasteiger partial charge is 0.243 e. The number of aromatic nitrogens is 2. The lowest BCUT2D eigenvalue weighted by Gasteiger charge is -2.30. The van der Waals surface area contributed by atoms with Crippen LogP contribution in [0.15, 0.2) is 68.5 Å². The standard InChI is InChI=1S/C19H18BrN3O3S/c20-16-8-10-17(11-9-16)27(24,25)23-12-4-7-15(13-23)19-21-18(22-26-19)14-5-2-1-3-6-14/h1-3,5-6,8-11,15H,4,7,12-13H2. The van der Waals surface area contributed by atoms with Gasteiger partial charge >= 0.3 is 0 Å². The lowest BCUT2D eigenvalue weighted by Crippen LogP contribution is -2.39. The van der Waals surface area contributed by atoms with E-state index in [1.54, 1.807) is 24.3 Å². The Morgan fingerprint density at radius 3 is 2.56 bits per heavy atom. The topological polar surface area (TPSA) is 76.3 Å². The molecule has 0 amide bonds. The zero-order valence-electron chi connectivity index (χ0n) is 14.5. The first kappa shape index (κ1) is 18.3. The van der Waals surface area contributed by atoms with Crippen LogP contribution in [0.3, 0.4) is 0 Å². The van der Waals surface area contributed by atoms with Gasteiger partial charge in [0.15, 0.2) is 0 Å². The number of benzene rings is 2. The predicted molar refractivity (Wildman–Crippen MR) is 105 cm³/mol. The summed E-state index contributed by atoms with van der Waals surface area (Å²) in [5.41, 5.74) is 0.877. The van der Waals surface area contributed by atoms with Gasteiger partial charge in [-0.25, -0.2) is 8.42 Å². The van der Waals surface area contributed by atoms with Crippen LogP contribution in [0.5, 0.6) is 0 Å². The molecule has 1 fully saturated rings. The van der Waals surface area contributed by atoms with Crippen LogP contribution in [-0.4, -0.2) is 36.0 Å². The van der Waals surface area contributed by atoms with Crippen LogP contribution in [-0.2, 0) is 10.0 Å². The van der Waals surface area contributed by atoms with Gasteiger partial charge in [0.25, 0.3) is 0 Å². The maximum Gasteiger partial charge on any atom is 0.243 e. The Bertz CT molecular complexity index is 1020. The molecule has 0 spiro atoms. The molecular formula is C19H18BrN3O3S. The van der Waals surface area contributed by atoms with Crippen LogP contribution in [0.1, 0.15) is 24.7 Å². The first-order valence-electron chi connectivity index (χ1n) is 8.69. The summed E-state index contributed by atoms with van der Waals surface area (Å²) in [6.07, 6.45) is 1.58.